The van der Waals surface area contributed by atoms with E-state index in [2.05, 4.69) is 15.5 Å². The van der Waals surface area contributed by atoms with Crippen molar-refractivity contribution in [3.63, 3.8) is 0 Å². The second-order valence-electron chi connectivity index (χ2n) is 5.10. The van der Waals surface area contributed by atoms with Gasteiger partial charge in [0, 0.05) is 38.3 Å². The lowest BCUT2D eigenvalue weighted by atomic mass is 10.1. The number of hydrogen-bond acceptors (Lipinski definition) is 5. The van der Waals surface area contributed by atoms with Crippen molar-refractivity contribution in [2.24, 2.45) is 0 Å². The Kier molecular flexibility index (Phi) is 5.31. The van der Waals surface area contributed by atoms with Crippen LogP contribution < -0.4 is 10.6 Å². The highest BCUT2D eigenvalue weighted by Crippen LogP contribution is 2.27. The standard InChI is InChI=1S/C14H22N4O2/c1-12-4-2-5-13(14(12)18(19)20)16-6-3-9-17-10-7-15-8-11-17/h2,4-5,15-16H,3,6-11H2,1H3. The Labute approximate surface area is 119 Å². The first kappa shape index (κ1) is 14.7. The number of piperazine rings is 1. The van der Waals surface area contributed by atoms with Crippen LogP contribution in [0, 0.1) is 17.0 Å². The lowest BCUT2D eigenvalue weighted by molar-refractivity contribution is -0.384. The maximum Gasteiger partial charge on any atom is 0.295 e. The third-order valence-electron chi connectivity index (χ3n) is 3.60. The molecule has 1 aliphatic heterocycles. The van der Waals surface area contributed by atoms with E-state index in [4.69, 9.17) is 0 Å². The van der Waals surface area contributed by atoms with Crippen LogP contribution in [-0.4, -0.2) is 49.1 Å². The smallest absolute Gasteiger partial charge is 0.295 e. The topological polar surface area (TPSA) is 70.4 Å². The Hall–Kier alpha value is -1.66. The maximum absolute atomic E-state index is 11.1. The van der Waals surface area contributed by atoms with E-state index >= 15 is 0 Å². The number of nitrogens with zero attached hydrogens (tertiary/aromatic N) is 2. The van der Waals surface area contributed by atoms with Gasteiger partial charge in [0.1, 0.15) is 5.69 Å². The van der Waals surface area contributed by atoms with Crippen molar-refractivity contribution in [1.29, 1.82) is 0 Å². The van der Waals surface area contributed by atoms with Crippen LogP contribution in [0.1, 0.15) is 12.0 Å². The van der Waals surface area contributed by atoms with Gasteiger partial charge in [0.05, 0.1) is 4.92 Å². The molecule has 0 bridgehead atoms. The van der Waals surface area contributed by atoms with Crippen molar-refractivity contribution in [3.8, 4) is 0 Å². The minimum atomic E-state index is -0.312. The fourth-order valence-electron chi connectivity index (χ4n) is 2.50. The number of aryl methyl sites for hydroxylation is 1. The Morgan fingerprint density at radius 2 is 2.15 bits per heavy atom. The van der Waals surface area contributed by atoms with E-state index in [0.717, 1.165) is 45.7 Å². The van der Waals surface area contributed by atoms with Gasteiger partial charge in [-0.1, -0.05) is 12.1 Å². The fourth-order valence-corrected chi connectivity index (χ4v) is 2.50. The molecule has 0 unspecified atom stereocenters. The van der Waals surface area contributed by atoms with Gasteiger partial charge in [0.2, 0.25) is 0 Å². The zero-order chi connectivity index (χ0) is 14.4. The van der Waals surface area contributed by atoms with E-state index in [1.54, 1.807) is 19.1 Å². The lowest BCUT2D eigenvalue weighted by Gasteiger charge is -2.27. The van der Waals surface area contributed by atoms with E-state index in [9.17, 15) is 10.1 Å². The summed E-state index contributed by atoms with van der Waals surface area (Å²) < 4.78 is 0. The van der Waals surface area contributed by atoms with Crippen LogP contribution in [0.2, 0.25) is 0 Å². The highest BCUT2D eigenvalue weighted by atomic mass is 16.6. The van der Waals surface area contributed by atoms with Crippen LogP contribution in [0.15, 0.2) is 18.2 Å². The van der Waals surface area contributed by atoms with Gasteiger partial charge in [-0.25, -0.2) is 0 Å². The maximum atomic E-state index is 11.1. The molecule has 110 valence electrons. The summed E-state index contributed by atoms with van der Waals surface area (Å²) in [6.45, 7) is 7.84. The van der Waals surface area contributed by atoms with Crippen LogP contribution in [0.5, 0.6) is 0 Å². The number of rotatable bonds is 6. The van der Waals surface area contributed by atoms with Crippen LogP contribution in [0.25, 0.3) is 0 Å². The van der Waals surface area contributed by atoms with E-state index in [0.29, 0.717) is 11.3 Å². The van der Waals surface area contributed by atoms with Gasteiger partial charge in [-0.2, -0.15) is 0 Å². The van der Waals surface area contributed by atoms with Crippen molar-refractivity contribution in [2.75, 3.05) is 44.6 Å². The third-order valence-corrected chi connectivity index (χ3v) is 3.60. The molecule has 1 aliphatic rings. The Morgan fingerprint density at radius 3 is 2.85 bits per heavy atom. The number of para-hydroxylation sites is 1. The molecule has 1 heterocycles. The lowest BCUT2D eigenvalue weighted by Crippen LogP contribution is -2.44. The minimum absolute atomic E-state index is 0.190. The molecule has 20 heavy (non-hydrogen) atoms. The number of nitro benzene ring substituents is 1. The highest BCUT2D eigenvalue weighted by Gasteiger charge is 2.16. The summed E-state index contributed by atoms with van der Waals surface area (Å²) in [6.07, 6.45) is 0.991. The summed E-state index contributed by atoms with van der Waals surface area (Å²) in [4.78, 5) is 13.2. The zero-order valence-electron chi connectivity index (χ0n) is 11.9. The van der Waals surface area contributed by atoms with Gasteiger partial charge < -0.3 is 15.5 Å². The van der Waals surface area contributed by atoms with Crippen LogP contribution in [0.3, 0.4) is 0 Å². The Morgan fingerprint density at radius 1 is 1.40 bits per heavy atom. The van der Waals surface area contributed by atoms with Crippen LogP contribution >= 0.6 is 0 Å². The molecule has 0 atom stereocenters. The minimum Gasteiger partial charge on any atom is -0.379 e. The molecule has 6 nitrogen and oxygen atoms in total. The van der Waals surface area contributed by atoms with Crippen molar-refractivity contribution in [2.45, 2.75) is 13.3 Å². The summed E-state index contributed by atoms with van der Waals surface area (Å²) in [5.74, 6) is 0. The quantitative estimate of drug-likeness (QED) is 0.470. The molecule has 1 aromatic carbocycles. The molecule has 0 radical (unpaired) electrons. The molecule has 2 rings (SSSR count). The highest BCUT2D eigenvalue weighted by molar-refractivity contribution is 5.64. The van der Waals surface area contributed by atoms with Crippen molar-refractivity contribution in [1.82, 2.24) is 10.2 Å². The first-order chi connectivity index (χ1) is 9.68. The first-order valence-electron chi connectivity index (χ1n) is 7.09. The molecule has 0 spiro atoms. The summed E-state index contributed by atoms with van der Waals surface area (Å²) >= 11 is 0. The second-order valence-corrected chi connectivity index (χ2v) is 5.10. The van der Waals surface area contributed by atoms with Crippen LogP contribution in [0.4, 0.5) is 11.4 Å². The Bertz CT molecular complexity index is 458. The van der Waals surface area contributed by atoms with E-state index in [1.807, 2.05) is 6.07 Å². The second kappa shape index (κ2) is 7.21. The molecule has 1 fully saturated rings. The first-order valence-corrected chi connectivity index (χ1v) is 7.09. The van der Waals surface area contributed by atoms with E-state index in [1.165, 1.54) is 0 Å². The van der Waals surface area contributed by atoms with Crippen molar-refractivity contribution in [3.05, 3.63) is 33.9 Å². The SMILES string of the molecule is Cc1cccc(NCCCN2CCNCC2)c1[N+](=O)[O-]. The summed E-state index contributed by atoms with van der Waals surface area (Å²) in [5.41, 5.74) is 1.51. The number of benzene rings is 1. The largest absolute Gasteiger partial charge is 0.379 e. The normalized spacial score (nSPS) is 16.1. The molecule has 1 aromatic rings. The predicted molar refractivity (Wildman–Crippen MR) is 80.2 cm³/mol. The van der Waals surface area contributed by atoms with Gasteiger partial charge in [-0.05, 0) is 26.0 Å². The van der Waals surface area contributed by atoms with Gasteiger partial charge in [0.15, 0.2) is 0 Å². The molecule has 1 saturated heterocycles. The average molecular weight is 278 g/mol. The number of hydrogen-bond donors (Lipinski definition) is 2. The number of nitro groups is 1. The van der Waals surface area contributed by atoms with Crippen molar-refractivity contribution >= 4 is 11.4 Å². The van der Waals surface area contributed by atoms with E-state index in [-0.39, 0.29) is 10.6 Å². The Balaban J connectivity index is 1.82. The summed E-state index contributed by atoms with van der Waals surface area (Å²) in [5, 5.41) is 17.6. The van der Waals surface area contributed by atoms with Gasteiger partial charge in [-0.3, -0.25) is 10.1 Å². The molecule has 2 N–H and O–H groups in total. The average Bonchev–Trinajstić information content (AvgIpc) is 2.44. The van der Waals surface area contributed by atoms with Crippen LogP contribution in [-0.2, 0) is 0 Å². The van der Waals surface area contributed by atoms with Gasteiger partial charge >= 0.3 is 0 Å². The number of anilines is 1. The van der Waals surface area contributed by atoms with E-state index < -0.39 is 0 Å². The fraction of sp³-hybridized carbons (Fsp3) is 0.571. The molecule has 0 aliphatic carbocycles. The van der Waals surface area contributed by atoms with Gasteiger partial charge in [-0.15, -0.1) is 0 Å². The van der Waals surface area contributed by atoms with Crippen molar-refractivity contribution < 1.29 is 4.92 Å². The molecule has 6 heteroatoms. The molecular weight excluding hydrogens is 256 g/mol. The zero-order valence-corrected chi connectivity index (χ0v) is 11.9. The molecule has 0 aromatic heterocycles. The molecule has 0 saturated carbocycles. The predicted octanol–water partition coefficient (Wildman–Crippen LogP) is 1.61. The molecule has 0 amide bonds. The third kappa shape index (κ3) is 3.91. The number of nitrogens with one attached hydrogen (secondary N) is 2. The van der Waals surface area contributed by atoms with Gasteiger partial charge in [0.25, 0.3) is 5.69 Å². The summed E-state index contributed by atoms with van der Waals surface area (Å²) in [6, 6.07) is 5.39. The monoisotopic (exact) mass is 278 g/mol. The molecular formula is C14H22N4O2. The summed E-state index contributed by atoms with van der Waals surface area (Å²) in [7, 11) is 0.